The number of amides is 1. The molecule has 6 nitrogen and oxygen atoms in total. The molecule has 4 N–H and O–H groups in total. The van der Waals surface area contributed by atoms with Gasteiger partial charge in [0.2, 0.25) is 5.91 Å². The van der Waals surface area contributed by atoms with Crippen LogP contribution in [0, 0.1) is 12.7 Å². The summed E-state index contributed by atoms with van der Waals surface area (Å²) in [6.45, 7) is 1.86. The molecule has 0 spiro atoms. The Labute approximate surface area is 178 Å². The van der Waals surface area contributed by atoms with E-state index in [2.05, 4.69) is 9.24 Å². The maximum Gasteiger partial charge on any atom is 0.221 e. The van der Waals surface area contributed by atoms with Gasteiger partial charge in [-0.25, -0.2) is 4.39 Å². The highest BCUT2D eigenvalue weighted by Crippen LogP contribution is 2.29. The van der Waals surface area contributed by atoms with Gasteiger partial charge in [0.15, 0.2) is 0 Å². The molecule has 1 unspecified atom stereocenters. The van der Waals surface area contributed by atoms with Crippen molar-refractivity contribution in [3.8, 4) is 5.75 Å². The SMILES string of the molecule is [B]c1cc(C)cc(F)c1N1CC[C@@](O)(COc2ccc(P)cc2CC(N)=O)[C@H](O)C1. The lowest BCUT2D eigenvalue weighted by Crippen LogP contribution is -2.59. The fourth-order valence-electron chi connectivity index (χ4n) is 3.70. The Morgan fingerprint density at radius 2 is 2.17 bits per heavy atom. The molecule has 1 fully saturated rings. The number of halogens is 1. The van der Waals surface area contributed by atoms with E-state index in [0.717, 1.165) is 5.30 Å². The van der Waals surface area contributed by atoms with Crippen molar-refractivity contribution in [2.75, 3.05) is 24.6 Å². The van der Waals surface area contributed by atoms with Gasteiger partial charge >= 0.3 is 0 Å². The number of anilines is 1. The zero-order valence-electron chi connectivity index (χ0n) is 16.8. The molecular weight excluding hydrogens is 405 g/mol. The van der Waals surface area contributed by atoms with E-state index in [9.17, 15) is 19.4 Å². The fourth-order valence-corrected chi connectivity index (χ4v) is 4.00. The molecule has 3 rings (SSSR count). The normalized spacial score (nSPS) is 21.5. The highest BCUT2D eigenvalue weighted by atomic mass is 31.0. The van der Waals surface area contributed by atoms with E-state index in [1.165, 1.54) is 6.07 Å². The molecule has 0 aromatic heterocycles. The van der Waals surface area contributed by atoms with E-state index in [1.54, 1.807) is 36.1 Å². The van der Waals surface area contributed by atoms with E-state index in [4.69, 9.17) is 18.3 Å². The summed E-state index contributed by atoms with van der Waals surface area (Å²) in [5.74, 6) is -0.549. The third-order valence-corrected chi connectivity index (χ3v) is 5.67. The summed E-state index contributed by atoms with van der Waals surface area (Å²) in [5.41, 5.74) is 5.58. The van der Waals surface area contributed by atoms with Gasteiger partial charge < -0.3 is 25.6 Å². The van der Waals surface area contributed by atoms with Gasteiger partial charge in [-0.15, -0.1) is 9.24 Å². The topological polar surface area (TPSA) is 96.0 Å². The molecule has 1 saturated heterocycles. The highest BCUT2D eigenvalue weighted by Gasteiger charge is 2.42. The van der Waals surface area contributed by atoms with Crippen molar-refractivity contribution < 1.29 is 24.1 Å². The molecule has 9 heteroatoms. The van der Waals surface area contributed by atoms with Crippen LogP contribution in [0.5, 0.6) is 5.75 Å². The van der Waals surface area contributed by atoms with Crippen LogP contribution in [0.4, 0.5) is 10.1 Å². The van der Waals surface area contributed by atoms with Crippen LogP contribution in [0.15, 0.2) is 30.3 Å². The molecule has 0 bridgehead atoms. The molecule has 1 heterocycles. The van der Waals surface area contributed by atoms with Crippen LogP contribution >= 0.6 is 9.24 Å². The van der Waals surface area contributed by atoms with Gasteiger partial charge in [-0.3, -0.25) is 4.79 Å². The summed E-state index contributed by atoms with van der Waals surface area (Å²) in [5, 5.41) is 22.4. The molecule has 30 heavy (non-hydrogen) atoms. The monoisotopic (exact) mass is 430 g/mol. The first kappa shape index (κ1) is 22.5. The summed E-state index contributed by atoms with van der Waals surface area (Å²) < 4.78 is 20.2. The second kappa shape index (κ2) is 8.92. The fraction of sp³-hybridized carbons (Fsp3) is 0.381. The van der Waals surface area contributed by atoms with E-state index < -0.39 is 23.4 Å². The number of rotatable bonds is 6. The van der Waals surface area contributed by atoms with Crippen LogP contribution in [0.2, 0.25) is 0 Å². The van der Waals surface area contributed by atoms with Gasteiger partial charge in [0.25, 0.3) is 0 Å². The zero-order chi connectivity index (χ0) is 22.1. The number of piperidine rings is 1. The van der Waals surface area contributed by atoms with Crippen molar-refractivity contribution in [1.29, 1.82) is 0 Å². The van der Waals surface area contributed by atoms with Gasteiger partial charge in [0, 0.05) is 18.7 Å². The number of nitrogens with two attached hydrogens (primary N) is 1. The number of hydrogen-bond acceptors (Lipinski definition) is 5. The van der Waals surface area contributed by atoms with Crippen molar-refractivity contribution in [2.24, 2.45) is 5.73 Å². The van der Waals surface area contributed by atoms with Crippen molar-refractivity contribution >= 4 is 39.4 Å². The number of aryl methyl sites for hydroxylation is 1. The van der Waals surface area contributed by atoms with Crippen LogP contribution in [0.1, 0.15) is 17.5 Å². The summed E-state index contributed by atoms with van der Waals surface area (Å²) in [6.07, 6.45) is -1.04. The van der Waals surface area contributed by atoms with Gasteiger partial charge in [0.1, 0.15) is 37.7 Å². The molecule has 3 atom stereocenters. The highest BCUT2D eigenvalue weighted by molar-refractivity contribution is 7.27. The predicted octanol–water partition coefficient (Wildman–Crippen LogP) is -0.163. The quantitative estimate of drug-likeness (QED) is 0.437. The van der Waals surface area contributed by atoms with Gasteiger partial charge in [-0.1, -0.05) is 17.6 Å². The number of aliphatic hydroxyl groups is 2. The molecule has 1 amide bonds. The van der Waals surface area contributed by atoms with Crippen molar-refractivity contribution in [3.63, 3.8) is 0 Å². The molecule has 2 aromatic rings. The number of benzene rings is 2. The molecule has 2 radical (unpaired) electrons. The lowest BCUT2D eigenvalue weighted by Gasteiger charge is -2.43. The first-order chi connectivity index (χ1) is 14.1. The lowest BCUT2D eigenvalue weighted by molar-refractivity contribution is -0.117. The van der Waals surface area contributed by atoms with Gasteiger partial charge in [0.05, 0.1) is 12.1 Å². The molecule has 0 aliphatic carbocycles. The Hall–Kier alpha value is -2.15. The van der Waals surface area contributed by atoms with E-state index in [-0.39, 0.29) is 37.1 Å². The molecular formula is C21H25BFN2O4P. The maximum atomic E-state index is 14.4. The molecule has 1 aliphatic heterocycles. The largest absolute Gasteiger partial charge is 0.490 e. The van der Waals surface area contributed by atoms with Crippen molar-refractivity contribution in [2.45, 2.75) is 31.5 Å². The summed E-state index contributed by atoms with van der Waals surface area (Å²) in [6, 6.07) is 8.30. The van der Waals surface area contributed by atoms with E-state index >= 15 is 0 Å². The summed E-state index contributed by atoms with van der Waals surface area (Å²) >= 11 is 0. The van der Waals surface area contributed by atoms with Crippen LogP contribution < -0.4 is 26.1 Å². The number of aliphatic hydroxyl groups excluding tert-OH is 1. The number of hydrogen-bond donors (Lipinski definition) is 3. The molecule has 1 aliphatic rings. The Morgan fingerprint density at radius 3 is 2.80 bits per heavy atom. The van der Waals surface area contributed by atoms with E-state index in [0.29, 0.717) is 23.4 Å². The average molecular weight is 430 g/mol. The third kappa shape index (κ3) is 4.94. The first-order valence-corrected chi connectivity index (χ1v) is 10.2. The Morgan fingerprint density at radius 1 is 1.43 bits per heavy atom. The number of carbonyl (C=O) groups excluding carboxylic acids is 1. The van der Waals surface area contributed by atoms with Crippen LogP contribution in [0.3, 0.4) is 0 Å². The standard InChI is InChI=1S/C21H25BFN2O4P/c1-12-6-15(22)20(16(23)7-12)25-5-4-21(28,18(26)10-25)11-29-17-3-2-14(30)8-13(17)9-19(24)27/h2-3,6-8,18,26,28H,4-5,9-11,30H2,1H3,(H2,24,27)/t18-,21-/m1/s1. The number of ether oxygens (including phenoxy) is 1. The summed E-state index contributed by atoms with van der Waals surface area (Å²) in [4.78, 5) is 13.0. The third-order valence-electron chi connectivity index (χ3n) is 5.31. The average Bonchev–Trinajstić information content (AvgIpc) is 2.63. The van der Waals surface area contributed by atoms with E-state index in [1.807, 2.05) is 0 Å². The number of nitrogens with zero attached hydrogens (tertiary/aromatic N) is 1. The Kier molecular flexibility index (Phi) is 6.70. The minimum Gasteiger partial charge on any atom is -0.490 e. The first-order valence-electron chi connectivity index (χ1n) is 9.59. The maximum absolute atomic E-state index is 14.4. The predicted molar refractivity (Wildman–Crippen MR) is 118 cm³/mol. The molecule has 158 valence electrons. The smallest absolute Gasteiger partial charge is 0.221 e. The van der Waals surface area contributed by atoms with Crippen molar-refractivity contribution in [1.82, 2.24) is 0 Å². The van der Waals surface area contributed by atoms with Crippen molar-refractivity contribution in [3.05, 3.63) is 47.3 Å². The summed E-state index contributed by atoms with van der Waals surface area (Å²) in [7, 11) is 8.51. The van der Waals surface area contributed by atoms with Crippen LogP contribution in [0.25, 0.3) is 0 Å². The lowest BCUT2D eigenvalue weighted by atomic mass is 9.86. The second-order valence-corrected chi connectivity index (χ2v) is 8.47. The van der Waals surface area contributed by atoms with Crippen LogP contribution in [-0.2, 0) is 11.2 Å². The number of β-amino-alcohol motifs (C(OH)–C–C–N with tert-alkyl or cyclic N) is 1. The number of carbonyl (C=O) groups is 1. The minimum absolute atomic E-state index is 0.00168. The minimum atomic E-state index is -1.53. The van der Waals surface area contributed by atoms with Gasteiger partial charge in [-0.05, 0) is 42.4 Å². The second-order valence-electron chi connectivity index (χ2n) is 7.80. The Balaban J connectivity index is 1.72. The van der Waals surface area contributed by atoms with Gasteiger partial charge in [-0.2, -0.15) is 0 Å². The Bertz CT molecular complexity index is 938. The molecule has 2 aromatic carbocycles. The zero-order valence-corrected chi connectivity index (χ0v) is 17.9. The van der Waals surface area contributed by atoms with Crippen LogP contribution in [-0.4, -0.2) is 55.4 Å². The molecule has 0 saturated carbocycles. The number of primary amides is 1.